The molecule has 122 valence electrons. The number of benzene rings is 1. The predicted molar refractivity (Wildman–Crippen MR) is 84.6 cm³/mol. The Morgan fingerprint density at radius 3 is 2.70 bits per heavy atom. The lowest BCUT2D eigenvalue weighted by Crippen LogP contribution is -2.23. The van der Waals surface area contributed by atoms with Crippen molar-refractivity contribution in [3.63, 3.8) is 0 Å². The summed E-state index contributed by atoms with van der Waals surface area (Å²) < 4.78 is 18.4. The molecule has 0 fully saturated rings. The molecular weight excluding hydrogens is 299 g/mol. The molecule has 0 aliphatic carbocycles. The smallest absolute Gasteiger partial charge is 0.254 e. The molecule has 0 aliphatic heterocycles. The molecule has 0 bridgehead atoms. The highest BCUT2D eigenvalue weighted by Crippen LogP contribution is 2.06. The van der Waals surface area contributed by atoms with E-state index in [2.05, 4.69) is 20.6 Å². The van der Waals surface area contributed by atoms with E-state index in [4.69, 9.17) is 4.74 Å². The molecule has 0 aliphatic rings. The maximum Gasteiger partial charge on any atom is 0.254 e. The van der Waals surface area contributed by atoms with Crippen molar-refractivity contribution in [2.24, 2.45) is 0 Å². The monoisotopic (exact) mass is 318 g/mol. The number of nitrogens with zero attached hydrogens (tertiary/aromatic N) is 2. The van der Waals surface area contributed by atoms with Crippen LogP contribution in [0.1, 0.15) is 22.3 Å². The lowest BCUT2D eigenvalue weighted by atomic mass is 10.2. The van der Waals surface area contributed by atoms with Gasteiger partial charge in [0, 0.05) is 44.8 Å². The molecule has 0 atom stereocenters. The molecule has 7 heteroatoms. The van der Waals surface area contributed by atoms with Gasteiger partial charge in [-0.15, -0.1) is 0 Å². The Morgan fingerprint density at radius 1 is 1.26 bits per heavy atom. The fourth-order valence-corrected chi connectivity index (χ4v) is 1.87. The normalized spacial score (nSPS) is 10.3. The number of nitrogens with one attached hydrogen (secondary N) is 2. The summed E-state index contributed by atoms with van der Waals surface area (Å²) in [6, 6.07) is 6.30. The van der Waals surface area contributed by atoms with Gasteiger partial charge in [-0.3, -0.25) is 4.79 Å². The maximum absolute atomic E-state index is 13.5. The van der Waals surface area contributed by atoms with E-state index in [-0.39, 0.29) is 18.3 Å². The van der Waals surface area contributed by atoms with Gasteiger partial charge in [-0.05, 0) is 12.5 Å². The number of halogens is 1. The summed E-state index contributed by atoms with van der Waals surface area (Å²) in [5.41, 5.74) is 0.752. The van der Waals surface area contributed by atoms with Crippen molar-refractivity contribution in [1.29, 1.82) is 0 Å². The molecule has 2 rings (SSSR count). The van der Waals surface area contributed by atoms with Gasteiger partial charge in [0.15, 0.2) is 0 Å². The van der Waals surface area contributed by atoms with Crippen LogP contribution >= 0.6 is 0 Å². The number of carbonyl (C=O) groups excluding carboxylic acids is 1. The molecular formula is C16H19FN4O2. The minimum Gasteiger partial charge on any atom is -0.385 e. The van der Waals surface area contributed by atoms with Crippen molar-refractivity contribution in [3.8, 4) is 0 Å². The second-order valence-corrected chi connectivity index (χ2v) is 4.84. The SMILES string of the molecule is COCCCNc1ncc(C(=O)NCc2ccccc2F)cn1. The summed E-state index contributed by atoms with van der Waals surface area (Å²) in [5.74, 6) is -0.245. The second kappa shape index (κ2) is 8.79. The number of hydrogen-bond donors (Lipinski definition) is 2. The van der Waals surface area contributed by atoms with Crippen LogP contribution in [0.5, 0.6) is 0 Å². The van der Waals surface area contributed by atoms with E-state index in [1.54, 1.807) is 25.3 Å². The highest BCUT2D eigenvalue weighted by Gasteiger charge is 2.08. The standard InChI is InChI=1S/C16H19FN4O2/c1-23-8-4-7-18-16-20-10-13(11-21-16)15(22)19-9-12-5-2-3-6-14(12)17/h2-3,5-6,10-11H,4,7-9H2,1H3,(H,19,22)(H,18,20,21). The number of hydrogen-bond acceptors (Lipinski definition) is 5. The van der Waals surface area contributed by atoms with Gasteiger partial charge in [0.05, 0.1) is 5.56 Å². The Labute approximate surface area is 134 Å². The highest BCUT2D eigenvalue weighted by molar-refractivity contribution is 5.93. The van der Waals surface area contributed by atoms with Crippen LogP contribution in [-0.4, -0.2) is 36.1 Å². The molecule has 6 nitrogen and oxygen atoms in total. The summed E-state index contributed by atoms with van der Waals surface area (Å²) in [6.45, 7) is 1.46. The Morgan fingerprint density at radius 2 is 2.00 bits per heavy atom. The van der Waals surface area contributed by atoms with Crippen LogP contribution in [0.15, 0.2) is 36.7 Å². The van der Waals surface area contributed by atoms with Crippen molar-refractivity contribution in [1.82, 2.24) is 15.3 Å². The van der Waals surface area contributed by atoms with E-state index in [9.17, 15) is 9.18 Å². The van der Waals surface area contributed by atoms with Crippen molar-refractivity contribution in [2.75, 3.05) is 25.6 Å². The number of anilines is 1. The first-order valence-corrected chi connectivity index (χ1v) is 7.27. The average Bonchev–Trinajstić information content (AvgIpc) is 2.58. The van der Waals surface area contributed by atoms with E-state index < -0.39 is 0 Å². The van der Waals surface area contributed by atoms with Gasteiger partial charge in [0.2, 0.25) is 5.95 Å². The predicted octanol–water partition coefficient (Wildman–Crippen LogP) is 1.99. The number of rotatable bonds is 8. The Hall–Kier alpha value is -2.54. The number of amides is 1. The molecule has 1 heterocycles. The zero-order valence-corrected chi connectivity index (χ0v) is 12.9. The minimum absolute atomic E-state index is 0.114. The Bertz CT molecular complexity index is 634. The van der Waals surface area contributed by atoms with Crippen molar-refractivity contribution < 1.29 is 13.9 Å². The first-order chi connectivity index (χ1) is 11.2. The van der Waals surface area contributed by atoms with Crippen LogP contribution in [0.25, 0.3) is 0 Å². The quantitative estimate of drug-likeness (QED) is 0.728. The lowest BCUT2D eigenvalue weighted by Gasteiger charge is -2.07. The van der Waals surface area contributed by atoms with Crippen LogP contribution in [0, 0.1) is 5.82 Å². The van der Waals surface area contributed by atoms with E-state index in [0.29, 0.717) is 30.2 Å². The van der Waals surface area contributed by atoms with Crippen molar-refractivity contribution >= 4 is 11.9 Å². The van der Waals surface area contributed by atoms with Gasteiger partial charge in [-0.2, -0.15) is 0 Å². The number of aromatic nitrogens is 2. The van der Waals surface area contributed by atoms with E-state index >= 15 is 0 Å². The topological polar surface area (TPSA) is 76.1 Å². The van der Waals surface area contributed by atoms with Crippen molar-refractivity contribution in [3.05, 3.63) is 53.6 Å². The van der Waals surface area contributed by atoms with Gasteiger partial charge < -0.3 is 15.4 Å². The molecule has 0 radical (unpaired) electrons. The third-order valence-electron chi connectivity index (χ3n) is 3.12. The molecule has 23 heavy (non-hydrogen) atoms. The van der Waals surface area contributed by atoms with Gasteiger partial charge in [-0.1, -0.05) is 18.2 Å². The van der Waals surface area contributed by atoms with Gasteiger partial charge in [-0.25, -0.2) is 14.4 Å². The van der Waals surface area contributed by atoms with Crippen molar-refractivity contribution in [2.45, 2.75) is 13.0 Å². The fraction of sp³-hybridized carbons (Fsp3) is 0.312. The molecule has 0 saturated heterocycles. The molecule has 0 spiro atoms. The molecule has 2 aromatic rings. The third-order valence-corrected chi connectivity index (χ3v) is 3.12. The summed E-state index contributed by atoms with van der Waals surface area (Å²) >= 11 is 0. The Kier molecular flexibility index (Phi) is 6.43. The molecule has 2 N–H and O–H groups in total. The summed E-state index contributed by atoms with van der Waals surface area (Å²) in [7, 11) is 1.64. The summed E-state index contributed by atoms with van der Waals surface area (Å²) in [4.78, 5) is 20.1. The zero-order valence-electron chi connectivity index (χ0n) is 12.9. The van der Waals surface area contributed by atoms with Gasteiger partial charge in [0.1, 0.15) is 5.82 Å². The third kappa shape index (κ3) is 5.30. The number of ether oxygens (including phenoxy) is 1. The van der Waals surface area contributed by atoms with Crippen LogP contribution in [0.2, 0.25) is 0 Å². The van der Waals surface area contributed by atoms with Gasteiger partial charge in [0.25, 0.3) is 5.91 Å². The largest absolute Gasteiger partial charge is 0.385 e. The molecule has 0 saturated carbocycles. The second-order valence-electron chi connectivity index (χ2n) is 4.84. The van der Waals surface area contributed by atoms with Gasteiger partial charge >= 0.3 is 0 Å². The molecule has 1 amide bonds. The molecule has 1 aromatic carbocycles. The maximum atomic E-state index is 13.5. The first-order valence-electron chi connectivity index (χ1n) is 7.27. The average molecular weight is 318 g/mol. The zero-order chi connectivity index (χ0) is 16.5. The van der Waals surface area contributed by atoms with E-state index in [1.165, 1.54) is 18.5 Å². The number of carbonyl (C=O) groups is 1. The fourth-order valence-electron chi connectivity index (χ4n) is 1.87. The summed E-state index contributed by atoms with van der Waals surface area (Å²) in [5, 5.41) is 5.67. The van der Waals surface area contributed by atoms with E-state index in [1.807, 2.05) is 0 Å². The Balaban J connectivity index is 1.84. The van der Waals surface area contributed by atoms with Crippen LogP contribution in [0.3, 0.4) is 0 Å². The highest BCUT2D eigenvalue weighted by atomic mass is 19.1. The molecule has 0 unspecified atom stereocenters. The van der Waals surface area contributed by atoms with E-state index in [0.717, 1.165) is 6.42 Å². The first kappa shape index (κ1) is 16.8. The minimum atomic E-state index is -0.348. The lowest BCUT2D eigenvalue weighted by molar-refractivity contribution is 0.0950. The number of methoxy groups -OCH3 is 1. The van der Waals surface area contributed by atoms with Crippen LogP contribution < -0.4 is 10.6 Å². The summed E-state index contributed by atoms with van der Waals surface area (Å²) in [6.07, 6.45) is 3.70. The molecule has 1 aromatic heterocycles. The van der Waals surface area contributed by atoms with Crippen LogP contribution in [0.4, 0.5) is 10.3 Å². The van der Waals surface area contributed by atoms with Crippen LogP contribution in [-0.2, 0) is 11.3 Å².